The van der Waals surface area contributed by atoms with Gasteiger partial charge < -0.3 is 15.8 Å². The van der Waals surface area contributed by atoms with E-state index in [4.69, 9.17) is 10.5 Å². The number of nitrogens with two attached hydrogens (primary N) is 1. The van der Waals surface area contributed by atoms with Crippen molar-refractivity contribution in [3.05, 3.63) is 23.8 Å². The molecule has 26 heavy (non-hydrogen) atoms. The molecule has 0 radical (unpaired) electrons. The summed E-state index contributed by atoms with van der Waals surface area (Å²) in [6.07, 6.45) is 6.07. The molecule has 1 saturated heterocycles. The number of ketones is 1. The number of hydrogen-bond acceptors (Lipinski definition) is 5. The van der Waals surface area contributed by atoms with Gasteiger partial charge in [-0.15, -0.1) is 0 Å². The van der Waals surface area contributed by atoms with Gasteiger partial charge in [0.1, 0.15) is 29.4 Å². The topological polar surface area (TPSA) is 105 Å². The first-order valence-corrected chi connectivity index (χ1v) is 9.30. The van der Waals surface area contributed by atoms with Crippen LogP contribution >= 0.6 is 0 Å². The lowest BCUT2D eigenvalue weighted by Gasteiger charge is -2.35. The highest BCUT2D eigenvalue weighted by molar-refractivity contribution is 6.06. The van der Waals surface area contributed by atoms with Crippen molar-refractivity contribution in [1.82, 2.24) is 5.32 Å². The molecule has 3 N–H and O–H groups in total. The Hall–Kier alpha value is -2.55. The smallest absolute Gasteiger partial charge is 0.237 e. The van der Waals surface area contributed by atoms with Crippen LogP contribution in [0.25, 0.3) is 0 Å². The minimum Gasteiger partial charge on any atom is -0.491 e. The highest BCUT2D eigenvalue weighted by atomic mass is 16.5. The summed E-state index contributed by atoms with van der Waals surface area (Å²) >= 11 is 0. The molecule has 1 aromatic rings. The van der Waals surface area contributed by atoms with Crippen molar-refractivity contribution in [3.63, 3.8) is 0 Å². The molecule has 1 aliphatic heterocycles. The molecule has 1 unspecified atom stereocenters. The Balaban J connectivity index is 1.80. The maximum Gasteiger partial charge on any atom is 0.237 e. The van der Waals surface area contributed by atoms with Crippen molar-refractivity contribution in [2.24, 2.45) is 11.3 Å². The molecule has 3 rings (SSSR count). The Morgan fingerprint density at radius 1 is 1.35 bits per heavy atom. The van der Waals surface area contributed by atoms with Crippen LogP contribution in [0, 0.1) is 22.7 Å². The normalized spacial score (nSPS) is 23.3. The molecular formula is C20H25N3O3. The standard InChI is InChI=1S/C20H25N3O3/c21-12-15-16(22)7-3-8-17(15)26-13-20(9-4-10-23-19(20)25)18(24)11-14-5-1-2-6-14/h3,7-8,14H,1-2,4-6,9-11,13,22H2,(H,23,25). The molecule has 6 heteroatoms. The van der Waals surface area contributed by atoms with Crippen LogP contribution in [-0.4, -0.2) is 24.8 Å². The number of hydrogen-bond donors (Lipinski definition) is 2. The zero-order chi connectivity index (χ0) is 18.6. The molecular weight excluding hydrogens is 330 g/mol. The van der Waals surface area contributed by atoms with Crippen molar-refractivity contribution < 1.29 is 14.3 Å². The second kappa shape index (κ2) is 7.77. The van der Waals surface area contributed by atoms with E-state index in [1.165, 1.54) is 0 Å². The van der Waals surface area contributed by atoms with Crippen LogP contribution in [0.1, 0.15) is 50.5 Å². The second-order valence-electron chi connectivity index (χ2n) is 7.34. The van der Waals surface area contributed by atoms with Gasteiger partial charge in [0.25, 0.3) is 0 Å². The van der Waals surface area contributed by atoms with E-state index in [1.807, 2.05) is 6.07 Å². The number of amides is 1. The number of carbonyl (C=O) groups excluding carboxylic acids is 2. The average Bonchev–Trinajstić information content (AvgIpc) is 3.14. The Kier molecular flexibility index (Phi) is 5.46. The lowest BCUT2D eigenvalue weighted by atomic mass is 9.74. The van der Waals surface area contributed by atoms with Crippen LogP contribution < -0.4 is 15.8 Å². The molecule has 1 aliphatic carbocycles. The van der Waals surface area contributed by atoms with E-state index in [0.29, 0.717) is 36.7 Å². The van der Waals surface area contributed by atoms with E-state index in [2.05, 4.69) is 5.32 Å². The zero-order valence-corrected chi connectivity index (χ0v) is 14.9. The van der Waals surface area contributed by atoms with E-state index in [9.17, 15) is 14.9 Å². The molecule has 6 nitrogen and oxygen atoms in total. The summed E-state index contributed by atoms with van der Waals surface area (Å²) in [6.45, 7) is 0.529. The van der Waals surface area contributed by atoms with Crippen molar-refractivity contribution in [2.45, 2.75) is 44.9 Å². The fourth-order valence-electron chi connectivity index (χ4n) is 4.02. The van der Waals surface area contributed by atoms with Crippen molar-refractivity contribution in [1.29, 1.82) is 5.26 Å². The number of nitrogens with zero attached hydrogens (tertiary/aromatic N) is 1. The summed E-state index contributed by atoms with van der Waals surface area (Å²) in [6, 6.07) is 6.99. The summed E-state index contributed by atoms with van der Waals surface area (Å²) in [7, 11) is 0. The Labute approximate surface area is 153 Å². The second-order valence-corrected chi connectivity index (χ2v) is 7.34. The first-order chi connectivity index (χ1) is 12.6. The Morgan fingerprint density at radius 3 is 2.81 bits per heavy atom. The van der Waals surface area contributed by atoms with Crippen LogP contribution in [0.15, 0.2) is 18.2 Å². The maximum absolute atomic E-state index is 13.1. The number of ether oxygens (including phenoxy) is 1. The van der Waals surface area contributed by atoms with Gasteiger partial charge in [0, 0.05) is 13.0 Å². The van der Waals surface area contributed by atoms with Gasteiger partial charge in [-0.1, -0.05) is 31.7 Å². The third-order valence-corrected chi connectivity index (χ3v) is 5.63. The van der Waals surface area contributed by atoms with Crippen molar-refractivity contribution in [3.8, 4) is 11.8 Å². The van der Waals surface area contributed by atoms with Crippen LogP contribution in [0.5, 0.6) is 5.75 Å². The van der Waals surface area contributed by atoms with Gasteiger partial charge in [-0.2, -0.15) is 5.26 Å². The number of nitriles is 1. The third kappa shape index (κ3) is 3.52. The van der Waals surface area contributed by atoms with Gasteiger partial charge in [0.2, 0.25) is 5.91 Å². The van der Waals surface area contributed by atoms with Gasteiger partial charge in [-0.3, -0.25) is 9.59 Å². The molecule has 0 bridgehead atoms. The number of carbonyl (C=O) groups is 2. The SMILES string of the molecule is N#Cc1c(N)cccc1OCC1(C(=O)CC2CCCC2)CCCNC1=O. The van der Waals surface area contributed by atoms with Crippen molar-refractivity contribution >= 4 is 17.4 Å². The van der Waals surface area contributed by atoms with Gasteiger partial charge in [0.15, 0.2) is 5.78 Å². The monoisotopic (exact) mass is 355 g/mol. The molecule has 1 aromatic carbocycles. The zero-order valence-electron chi connectivity index (χ0n) is 14.9. The maximum atomic E-state index is 13.1. The van der Waals surface area contributed by atoms with Crippen LogP contribution in [-0.2, 0) is 9.59 Å². The van der Waals surface area contributed by atoms with E-state index in [0.717, 1.165) is 32.1 Å². The minimum absolute atomic E-state index is 0.0380. The summed E-state index contributed by atoms with van der Waals surface area (Å²) in [4.78, 5) is 25.8. The summed E-state index contributed by atoms with van der Waals surface area (Å²) in [5.41, 5.74) is 5.21. The first-order valence-electron chi connectivity index (χ1n) is 9.30. The molecule has 138 valence electrons. The number of Topliss-reactive ketones (excluding diaryl/α,β-unsaturated/α-hetero) is 1. The molecule has 1 amide bonds. The molecule has 1 heterocycles. The fourth-order valence-corrected chi connectivity index (χ4v) is 4.02. The number of nitrogen functional groups attached to an aromatic ring is 1. The summed E-state index contributed by atoms with van der Waals surface area (Å²) in [5.74, 6) is 0.397. The molecule has 0 aromatic heterocycles. The molecule has 1 atom stereocenters. The van der Waals surface area contributed by atoms with E-state index in [-0.39, 0.29) is 23.9 Å². The fraction of sp³-hybridized carbons (Fsp3) is 0.550. The predicted molar refractivity (Wildman–Crippen MR) is 97.3 cm³/mol. The Morgan fingerprint density at radius 2 is 2.12 bits per heavy atom. The number of benzene rings is 1. The number of anilines is 1. The van der Waals surface area contributed by atoms with Crippen LogP contribution in [0.4, 0.5) is 5.69 Å². The van der Waals surface area contributed by atoms with E-state index in [1.54, 1.807) is 18.2 Å². The van der Waals surface area contributed by atoms with Crippen molar-refractivity contribution in [2.75, 3.05) is 18.9 Å². The van der Waals surface area contributed by atoms with E-state index < -0.39 is 5.41 Å². The number of piperidine rings is 1. The third-order valence-electron chi connectivity index (χ3n) is 5.63. The minimum atomic E-state index is -1.17. The van der Waals surface area contributed by atoms with Gasteiger partial charge >= 0.3 is 0 Å². The Bertz CT molecular complexity index is 734. The molecule has 2 fully saturated rings. The van der Waals surface area contributed by atoms with Gasteiger partial charge in [0.05, 0.1) is 5.69 Å². The quantitative estimate of drug-likeness (QED) is 0.603. The molecule has 0 spiro atoms. The summed E-state index contributed by atoms with van der Waals surface area (Å²) in [5, 5.41) is 12.1. The lowest BCUT2D eigenvalue weighted by molar-refractivity contribution is -0.147. The molecule has 1 saturated carbocycles. The van der Waals surface area contributed by atoms with Crippen LogP contribution in [0.2, 0.25) is 0 Å². The summed E-state index contributed by atoms with van der Waals surface area (Å²) < 4.78 is 5.82. The molecule has 2 aliphatic rings. The van der Waals surface area contributed by atoms with E-state index >= 15 is 0 Å². The van der Waals surface area contributed by atoms with Gasteiger partial charge in [-0.05, 0) is 30.9 Å². The first kappa shape index (κ1) is 18.2. The highest BCUT2D eigenvalue weighted by Gasteiger charge is 2.48. The van der Waals surface area contributed by atoms with Crippen LogP contribution in [0.3, 0.4) is 0 Å². The number of nitrogens with one attached hydrogen (secondary N) is 1. The predicted octanol–water partition coefficient (Wildman–Crippen LogP) is 2.57. The lowest BCUT2D eigenvalue weighted by Crippen LogP contribution is -2.54. The average molecular weight is 355 g/mol. The highest BCUT2D eigenvalue weighted by Crippen LogP contribution is 2.36. The van der Waals surface area contributed by atoms with Gasteiger partial charge in [-0.25, -0.2) is 0 Å². The largest absolute Gasteiger partial charge is 0.491 e. The number of rotatable bonds is 6.